The number of para-hydroxylation sites is 1. The van der Waals surface area contributed by atoms with Crippen molar-refractivity contribution in [2.24, 2.45) is 0 Å². The Balaban J connectivity index is 1.71. The third kappa shape index (κ3) is 5.09. The number of urea groups is 1. The SMILES string of the molecule is CSCCCNC(=O)N1CCC(Nc2ccccc2F)CC1. The van der Waals surface area contributed by atoms with Crippen LogP contribution in [0.1, 0.15) is 19.3 Å². The lowest BCUT2D eigenvalue weighted by atomic mass is 10.0. The number of nitrogens with zero attached hydrogens (tertiary/aromatic N) is 1. The van der Waals surface area contributed by atoms with Crippen molar-refractivity contribution in [3.05, 3.63) is 30.1 Å². The van der Waals surface area contributed by atoms with Crippen molar-refractivity contribution in [3.63, 3.8) is 0 Å². The van der Waals surface area contributed by atoms with E-state index in [4.69, 9.17) is 0 Å². The molecule has 0 aromatic heterocycles. The number of rotatable bonds is 6. The zero-order chi connectivity index (χ0) is 15.8. The second kappa shape index (κ2) is 8.88. The Morgan fingerprint density at radius 1 is 1.36 bits per heavy atom. The maximum atomic E-state index is 13.6. The molecule has 6 heteroatoms. The summed E-state index contributed by atoms with van der Waals surface area (Å²) in [5.41, 5.74) is 0.544. The molecule has 0 bridgehead atoms. The number of benzene rings is 1. The number of halogens is 1. The van der Waals surface area contributed by atoms with E-state index in [1.54, 1.807) is 23.9 Å². The molecule has 122 valence electrons. The smallest absolute Gasteiger partial charge is 0.317 e. The maximum Gasteiger partial charge on any atom is 0.317 e. The highest BCUT2D eigenvalue weighted by Crippen LogP contribution is 2.19. The minimum absolute atomic E-state index is 0.0189. The summed E-state index contributed by atoms with van der Waals surface area (Å²) in [4.78, 5) is 13.9. The first-order chi connectivity index (χ1) is 10.7. The van der Waals surface area contributed by atoms with E-state index in [9.17, 15) is 9.18 Å². The first kappa shape index (κ1) is 16.9. The zero-order valence-corrected chi connectivity index (χ0v) is 13.8. The van der Waals surface area contributed by atoms with Crippen molar-refractivity contribution in [2.45, 2.75) is 25.3 Å². The third-order valence-electron chi connectivity index (χ3n) is 3.82. The van der Waals surface area contributed by atoms with E-state index < -0.39 is 0 Å². The summed E-state index contributed by atoms with van der Waals surface area (Å²) in [7, 11) is 0. The van der Waals surface area contributed by atoms with Gasteiger partial charge in [-0.25, -0.2) is 9.18 Å². The van der Waals surface area contributed by atoms with E-state index >= 15 is 0 Å². The molecule has 1 fully saturated rings. The second-order valence-corrected chi connectivity index (χ2v) is 6.45. The van der Waals surface area contributed by atoms with Gasteiger partial charge in [0.25, 0.3) is 0 Å². The van der Waals surface area contributed by atoms with Crippen molar-refractivity contribution < 1.29 is 9.18 Å². The van der Waals surface area contributed by atoms with Gasteiger partial charge in [-0.05, 0) is 43.4 Å². The van der Waals surface area contributed by atoms with E-state index in [2.05, 4.69) is 16.9 Å². The molecule has 1 aromatic carbocycles. The Morgan fingerprint density at radius 2 is 2.09 bits per heavy atom. The number of piperidine rings is 1. The number of anilines is 1. The fourth-order valence-electron chi connectivity index (χ4n) is 2.55. The summed E-state index contributed by atoms with van der Waals surface area (Å²) >= 11 is 1.79. The molecule has 0 atom stereocenters. The van der Waals surface area contributed by atoms with Gasteiger partial charge in [-0.2, -0.15) is 11.8 Å². The molecule has 1 saturated heterocycles. The van der Waals surface area contributed by atoms with Crippen LogP contribution in [0.15, 0.2) is 24.3 Å². The second-order valence-electron chi connectivity index (χ2n) is 5.46. The minimum atomic E-state index is -0.225. The molecule has 4 nitrogen and oxygen atoms in total. The summed E-state index contributed by atoms with van der Waals surface area (Å²) in [5.74, 6) is 0.839. The molecule has 0 saturated carbocycles. The molecule has 0 unspecified atom stereocenters. The molecule has 1 aromatic rings. The topological polar surface area (TPSA) is 44.4 Å². The first-order valence-corrected chi connectivity index (χ1v) is 9.13. The van der Waals surface area contributed by atoms with Gasteiger partial charge < -0.3 is 15.5 Å². The lowest BCUT2D eigenvalue weighted by Gasteiger charge is -2.33. The maximum absolute atomic E-state index is 13.6. The van der Waals surface area contributed by atoms with E-state index in [-0.39, 0.29) is 17.9 Å². The fraction of sp³-hybridized carbons (Fsp3) is 0.562. The Hall–Kier alpha value is -1.43. The molecule has 2 N–H and O–H groups in total. The van der Waals surface area contributed by atoms with E-state index in [0.717, 1.165) is 31.6 Å². The number of likely N-dealkylation sites (tertiary alicyclic amines) is 1. The van der Waals surface area contributed by atoms with Crippen molar-refractivity contribution >= 4 is 23.5 Å². The molecular formula is C16H24FN3OS. The molecule has 1 aliphatic rings. The number of hydrogen-bond acceptors (Lipinski definition) is 3. The monoisotopic (exact) mass is 325 g/mol. The van der Waals surface area contributed by atoms with E-state index in [1.165, 1.54) is 6.07 Å². The lowest BCUT2D eigenvalue weighted by Crippen LogP contribution is -2.47. The van der Waals surface area contributed by atoms with Gasteiger partial charge >= 0.3 is 6.03 Å². The van der Waals surface area contributed by atoms with Crippen LogP contribution in [0.2, 0.25) is 0 Å². The van der Waals surface area contributed by atoms with Crippen LogP contribution < -0.4 is 10.6 Å². The third-order valence-corrected chi connectivity index (χ3v) is 4.51. The zero-order valence-electron chi connectivity index (χ0n) is 13.0. The van der Waals surface area contributed by atoms with Gasteiger partial charge in [-0.15, -0.1) is 0 Å². The molecule has 0 radical (unpaired) electrons. The van der Waals surface area contributed by atoms with E-state index in [0.29, 0.717) is 18.8 Å². The average Bonchev–Trinajstić information content (AvgIpc) is 2.54. The fourth-order valence-corrected chi connectivity index (χ4v) is 2.98. The number of carbonyl (C=O) groups is 1. The molecule has 0 spiro atoms. The Labute approximate surface area is 135 Å². The Kier molecular flexibility index (Phi) is 6.83. The minimum Gasteiger partial charge on any atom is -0.380 e. The summed E-state index contributed by atoms with van der Waals surface area (Å²) in [6.45, 7) is 2.15. The van der Waals surface area contributed by atoms with Gasteiger partial charge in [0.15, 0.2) is 0 Å². The number of carbonyl (C=O) groups excluding carboxylic acids is 1. The molecule has 2 rings (SSSR count). The molecule has 1 aliphatic heterocycles. The average molecular weight is 325 g/mol. The summed E-state index contributed by atoms with van der Waals surface area (Å²) in [5, 5.41) is 6.19. The largest absolute Gasteiger partial charge is 0.380 e. The number of thioether (sulfide) groups is 1. The van der Waals surface area contributed by atoms with Gasteiger partial charge in [0.05, 0.1) is 5.69 Å². The van der Waals surface area contributed by atoms with Gasteiger partial charge in [-0.1, -0.05) is 12.1 Å². The predicted molar refractivity (Wildman–Crippen MR) is 91.0 cm³/mol. The van der Waals surface area contributed by atoms with Crippen LogP contribution in [0.3, 0.4) is 0 Å². The molecule has 2 amide bonds. The Morgan fingerprint density at radius 3 is 2.77 bits per heavy atom. The number of hydrogen-bond donors (Lipinski definition) is 2. The van der Waals surface area contributed by atoms with Crippen molar-refractivity contribution in [1.82, 2.24) is 10.2 Å². The molecule has 22 heavy (non-hydrogen) atoms. The normalized spacial score (nSPS) is 15.6. The van der Waals surface area contributed by atoms with Gasteiger partial charge in [0.2, 0.25) is 0 Å². The summed E-state index contributed by atoms with van der Waals surface area (Å²) in [6, 6.07) is 6.95. The van der Waals surface area contributed by atoms with Crippen LogP contribution in [0, 0.1) is 5.82 Å². The predicted octanol–water partition coefficient (Wildman–Crippen LogP) is 3.16. The van der Waals surface area contributed by atoms with Crippen molar-refractivity contribution in [3.8, 4) is 0 Å². The highest BCUT2D eigenvalue weighted by Gasteiger charge is 2.22. The van der Waals surface area contributed by atoms with Gasteiger partial charge in [0, 0.05) is 25.7 Å². The summed E-state index contributed by atoms with van der Waals surface area (Å²) < 4.78 is 13.6. The summed E-state index contributed by atoms with van der Waals surface area (Å²) in [6.07, 6.45) is 4.74. The first-order valence-electron chi connectivity index (χ1n) is 7.73. The quantitative estimate of drug-likeness (QED) is 0.790. The van der Waals surface area contributed by atoms with Crippen LogP contribution in [-0.2, 0) is 0 Å². The van der Waals surface area contributed by atoms with E-state index in [1.807, 2.05) is 11.0 Å². The lowest BCUT2D eigenvalue weighted by molar-refractivity contribution is 0.183. The highest BCUT2D eigenvalue weighted by atomic mass is 32.2. The number of nitrogens with one attached hydrogen (secondary N) is 2. The van der Waals surface area contributed by atoms with Crippen molar-refractivity contribution in [1.29, 1.82) is 0 Å². The number of amides is 2. The van der Waals surface area contributed by atoms with Gasteiger partial charge in [0.1, 0.15) is 5.82 Å². The molecular weight excluding hydrogens is 301 g/mol. The standard InChI is InChI=1S/C16H24FN3OS/c1-22-12-4-9-18-16(21)20-10-7-13(8-11-20)19-15-6-3-2-5-14(15)17/h2-3,5-6,13,19H,4,7-12H2,1H3,(H,18,21). The van der Waals surface area contributed by atoms with Crippen LogP contribution in [0.4, 0.5) is 14.9 Å². The van der Waals surface area contributed by atoms with Crippen molar-refractivity contribution in [2.75, 3.05) is 37.0 Å². The highest BCUT2D eigenvalue weighted by molar-refractivity contribution is 7.98. The molecule has 1 heterocycles. The van der Waals surface area contributed by atoms with Crippen LogP contribution in [0.5, 0.6) is 0 Å². The molecule has 0 aliphatic carbocycles. The van der Waals surface area contributed by atoms with Crippen LogP contribution in [-0.4, -0.2) is 48.6 Å². The van der Waals surface area contributed by atoms with Crippen LogP contribution in [0.25, 0.3) is 0 Å². The Bertz CT molecular complexity index is 478. The van der Waals surface area contributed by atoms with Gasteiger partial charge in [-0.3, -0.25) is 0 Å². The van der Waals surface area contributed by atoms with Crippen LogP contribution >= 0.6 is 11.8 Å².